The molecule has 140 valence electrons. The molecule has 0 saturated carbocycles. The second-order valence-corrected chi connectivity index (χ2v) is 6.84. The van der Waals surface area contributed by atoms with Crippen LogP contribution in [-0.2, 0) is 17.8 Å². The molecule has 1 heterocycles. The van der Waals surface area contributed by atoms with Crippen LogP contribution in [0.5, 0.6) is 0 Å². The van der Waals surface area contributed by atoms with Gasteiger partial charge in [-0.1, -0.05) is 29.8 Å². The number of nitrogens with one attached hydrogen (secondary N) is 1. The summed E-state index contributed by atoms with van der Waals surface area (Å²) in [6.07, 6.45) is 2.02. The number of hydrogen-bond acceptors (Lipinski definition) is 3. The van der Waals surface area contributed by atoms with E-state index in [4.69, 9.17) is 11.6 Å². The zero-order chi connectivity index (χ0) is 19.4. The minimum atomic E-state index is -0.451. The van der Waals surface area contributed by atoms with E-state index in [1.54, 1.807) is 29.1 Å². The van der Waals surface area contributed by atoms with Gasteiger partial charge in [-0.2, -0.15) is 5.10 Å². The molecule has 3 aromatic rings. The predicted octanol–water partition coefficient (Wildman–Crippen LogP) is 3.97. The van der Waals surface area contributed by atoms with Crippen LogP contribution in [0.1, 0.15) is 11.1 Å². The molecule has 0 fully saturated rings. The van der Waals surface area contributed by atoms with Gasteiger partial charge in [0, 0.05) is 32.0 Å². The highest BCUT2D eigenvalue weighted by Gasteiger charge is 2.08. The molecule has 0 aliphatic carbocycles. The van der Waals surface area contributed by atoms with Crippen molar-refractivity contribution in [2.75, 3.05) is 24.3 Å². The molecular formula is C20H20ClFN4O. The molecule has 1 amide bonds. The molecular weight excluding hydrogens is 367 g/mol. The number of anilines is 2. The highest BCUT2D eigenvalue weighted by Crippen LogP contribution is 2.17. The van der Waals surface area contributed by atoms with E-state index < -0.39 is 5.82 Å². The zero-order valence-corrected chi connectivity index (χ0v) is 15.9. The summed E-state index contributed by atoms with van der Waals surface area (Å²) in [5.41, 5.74) is 2.83. The Kier molecular flexibility index (Phi) is 5.76. The van der Waals surface area contributed by atoms with Gasteiger partial charge in [0.1, 0.15) is 5.82 Å². The van der Waals surface area contributed by atoms with Crippen LogP contribution in [0.2, 0.25) is 5.02 Å². The first-order valence-corrected chi connectivity index (χ1v) is 8.82. The van der Waals surface area contributed by atoms with Gasteiger partial charge in [-0.15, -0.1) is 0 Å². The van der Waals surface area contributed by atoms with Crippen molar-refractivity contribution in [3.63, 3.8) is 0 Å². The van der Waals surface area contributed by atoms with Crippen molar-refractivity contribution >= 4 is 29.0 Å². The molecule has 27 heavy (non-hydrogen) atoms. The van der Waals surface area contributed by atoms with E-state index >= 15 is 0 Å². The Labute approximate surface area is 162 Å². The summed E-state index contributed by atoms with van der Waals surface area (Å²) < 4.78 is 14.9. The van der Waals surface area contributed by atoms with E-state index in [9.17, 15) is 9.18 Å². The number of carbonyl (C=O) groups is 1. The number of rotatable bonds is 6. The van der Waals surface area contributed by atoms with Crippen molar-refractivity contribution < 1.29 is 9.18 Å². The zero-order valence-electron chi connectivity index (χ0n) is 15.1. The van der Waals surface area contributed by atoms with Gasteiger partial charge >= 0.3 is 0 Å². The molecule has 2 aromatic carbocycles. The summed E-state index contributed by atoms with van der Waals surface area (Å²) >= 11 is 5.79. The first kappa shape index (κ1) is 18.9. The van der Waals surface area contributed by atoms with Crippen LogP contribution in [-0.4, -0.2) is 29.8 Å². The maximum absolute atomic E-state index is 13.2. The summed E-state index contributed by atoms with van der Waals surface area (Å²) in [5, 5.41) is 7.18. The van der Waals surface area contributed by atoms with Crippen molar-refractivity contribution in [1.29, 1.82) is 0 Å². The molecule has 7 heteroatoms. The highest BCUT2D eigenvalue weighted by molar-refractivity contribution is 6.30. The first-order chi connectivity index (χ1) is 12.9. The molecule has 1 N–H and O–H groups in total. The molecule has 0 bridgehead atoms. The van der Waals surface area contributed by atoms with Gasteiger partial charge in [0.15, 0.2) is 5.82 Å². The Hall–Kier alpha value is -2.86. The number of hydrogen-bond donors (Lipinski definition) is 1. The van der Waals surface area contributed by atoms with E-state index in [1.165, 1.54) is 6.07 Å². The van der Waals surface area contributed by atoms with Crippen LogP contribution in [0, 0.1) is 5.82 Å². The third kappa shape index (κ3) is 5.08. The fourth-order valence-electron chi connectivity index (χ4n) is 2.63. The van der Waals surface area contributed by atoms with Gasteiger partial charge in [0.25, 0.3) is 0 Å². The molecule has 1 aromatic heterocycles. The van der Waals surface area contributed by atoms with Gasteiger partial charge in [0.2, 0.25) is 5.91 Å². The van der Waals surface area contributed by atoms with E-state index in [2.05, 4.69) is 10.4 Å². The van der Waals surface area contributed by atoms with Crippen molar-refractivity contribution in [2.24, 2.45) is 0 Å². The van der Waals surface area contributed by atoms with Crippen LogP contribution in [0.4, 0.5) is 15.9 Å². The Morgan fingerprint density at radius 1 is 1.15 bits per heavy atom. The van der Waals surface area contributed by atoms with Gasteiger partial charge < -0.3 is 10.2 Å². The fraction of sp³-hybridized carbons (Fsp3) is 0.200. The lowest BCUT2D eigenvalue weighted by Gasteiger charge is -2.12. The predicted molar refractivity (Wildman–Crippen MR) is 106 cm³/mol. The summed E-state index contributed by atoms with van der Waals surface area (Å²) in [6.45, 7) is 0.432. The minimum absolute atomic E-state index is 0.0773. The fourth-order valence-corrected chi connectivity index (χ4v) is 2.83. The quantitative estimate of drug-likeness (QED) is 0.697. The Morgan fingerprint density at radius 3 is 2.52 bits per heavy atom. The summed E-state index contributed by atoms with van der Waals surface area (Å²) in [4.78, 5) is 14.2. The van der Waals surface area contributed by atoms with Crippen molar-refractivity contribution in [1.82, 2.24) is 9.78 Å². The monoisotopic (exact) mass is 386 g/mol. The number of nitrogens with zero attached hydrogens (tertiary/aromatic N) is 3. The molecule has 0 aliphatic heterocycles. The largest absolute Gasteiger partial charge is 0.378 e. The Morgan fingerprint density at radius 2 is 1.85 bits per heavy atom. The molecule has 0 aliphatic rings. The summed E-state index contributed by atoms with van der Waals surface area (Å²) in [5.74, 6) is -0.117. The number of halogens is 2. The Balaban J connectivity index is 1.58. The van der Waals surface area contributed by atoms with Crippen LogP contribution in [0.15, 0.2) is 54.7 Å². The minimum Gasteiger partial charge on any atom is -0.378 e. The maximum atomic E-state index is 13.2. The summed E-state index contributed by atoms with van der Waals surface area (Å²) in [7, 11) is 3.94. The van der Waals surface area contributed by atoms with Crippen LogP contribution in [0.3, 0.4) is 0 Å². The van der Waals surface area contributed by atoms with Crippen LogP contribution < -0.4 is 10.2 Å². The van der Waals surface area contributed by atoms with E-state index in [0.717, 1.165) is 16.8 Å². The number of aromatic nitrogens is 2. The smallest absolute Gasteiger partial charge is 0.229 e. The SMILES string of the molecule is CN(C)c1ccc(CC(=O)Nc2ccn(Cc3ccc(F)c(Cl)c3)n2)cc1. The van der Waals surface area contributed by atoms with Crippen molar-refractivity contribution in [3.05, 3.63) is 76.7 Å². The average Bonchev–Trinajstić information content (AvgIpc) is 3.05. The molecule has 0 saturated heterocycles. The summed E-state index contributed by atoms with van der Waals surface area (Å²) in [6, 6.07) is 14.1. The lowest BCUT2D eigenvalue weighted by molar-refractivity contribution is -0.115. The lowest BCUT2D eigenvalue weighted by atomic mass is 10.1. The normalized spacial score (nSPS) is 10.7. The number of amides is 1. The van der Waals surface area contributed by atoms with Crippen molar-refractivity contribution in [3.8, 4) is 0 Å². The standard InChI is InChI=1S/C20H20ClFN4O/c1-25(2)16-6-3-14(4-7-16)12-20(27)23-19-9-10-26(24-19)13-15-5-8-18(22)17(21)11-15/h3-11H,12-13H2,1-2H3,(H,23,24,27). The lowest BCUT2D eigenvalue weighted by Crippen LogP contribution is -2.15. The maximum Gasteiger partial charge on any atom is 0.229 e. The van der Waals surface area contributed by atoms with Gasteiger partial charge in [0.05, 0.1) is 18.0 Å². The van der Waals surface area contributed by atoms with Gasteiger partial charge in [-0.05, 0) is 35.4 Å². The molecule has 0 unspecified atom stereocenters. The number of carbonyl (C=O) groups excluding carboxylic acids is 1. The van der Waals surface area contributed by atoms with Crippen LogP contribution in [0.25, 0.3) is 0 Å². The third-order valence-corrected chi connectivity index (χ3v) is 4.34. The second kappa shape index (κ2) is 8.22. The van der Waals surface area contributed by atoms with E-state index in [0.29, 0.717) is 12.4 Å². The topological polar surface area (TPSA) is 50.2 Å². The second-order valence-electron chi connectivity index (χ2n) is 6.43. The Bertz CT molecular complexity index is 937. The third-order valence-electron chi connectivity index (χ3n) is 4.05. The van der Waals surface area contributed by atoms with E-state index in [1.807, 2.05) is 43.3 Å². The number of benzene rings is 2. The molecule has 5 nitrogen and oxygen atoms in total. The molecule has 0 spiro atoms. The first-order valence-electron chi connectivity index (χ1n) is 8.44. The molecule has 0 radical (unpaired) electrons. The van der Waals surface area contributed by atoms with Gasteiger partial charge in [-0.25, -0.2) is 4.39 Å². The average molecular weight is 387 g/mol. The van der Waals surface area contributed by atoms with Gasteiger partial charge in [-0.3, -0.25) is 9.48 Å². The van der Waals surface area contributed by atoms with Crippen molar-refractivity contribution in [2.45, 2.75) is 13.0 Å². The van der Waals surface area contributed by atoms with Crippen LogP contribution >= 0.6 is 11.6 Å². The van der Waals surface area contributed by atoms with E-state index in [-0.39, 0.29) is 17.4 Å². The molecule has 0 atom stereocenters. The molecule has 3 rings (SSSR count). The highest BCUT2D eigenvalue weighted by atomic mass is 35.5.